The van der Waals surface area contributed by atoms with E-state index in [9.17, 15) is 4.39 Å². The lowest BCUT2D eigenvalue weighted by Gasteiger charge is -2.09. The van der Waals surface area contributed by atoms with E-state index >= 15 is 0 Å². The van der Waals surface area contributed by atoms with Crippen molar-refractivity contribution in [1.29, 1.82) is 0 Å². The normalized spacial score (nSPS) is 14.2. The Morgan fingerprint density at radius 3 is 2.67 bits per heavy atom. The van der Waals surface area contributed by atoms with Crippen molar-refractivity contribution in [2.24, 2.45) is 0 Å². The lowest BCUT2D eigenvalue weighted by atomic mass is 10.0. The molecule has 0 amide bonds. The summed E-state index contributed by atoms with van der Waals surface area (Å²) in [5, 5.41) is 3.14. The lowest BCUT2D eigenvalue weighted by molar-refractivity contribution is 0.303. The fraction of sp³-hybridized carbons (Fsp3) is 0.333. The Kier molecular flexibility index (Phi) is 4.20. The van der Waals surface area contributed by atoms with Crippen molar-refractivity contribution in [3.05, 3.63) is 53.8 Å². The van der Waals surface area contributed by atoms with Crippen LogP contribution in [-0.4, -0.2) is 12.6 Å². The van der Waals surface area contributed by atoms with Gasteiger partial charge in [0.2, 0.25) is 0 Å². The molecule has 0 saturated heterocycles. The summed E-state index contributed by atoms with van der Waals surface area (Å²) in [5.41, 5.74) is 2.57. The summed E-state index contributed by atoms with van der Waals surface area (Å²) in [6.07, 6.45) is 2.65. The zero-order valence-corrected chi connectivity index (χ0v) is 12.2. The van der Waals surface area contributed by atoms with Crippen LogP contribution in [0.25, 0.3) is 11.1 Å². The minimum atomic E-state index is -0.165. The highest BCUT2D eigenvalue weighted by Crippen LogP contribution is 2.30. The molecule has 2 aromatic carbocycles. The summed E-state index contributed by atoms with van der Waals surface area (Å²) in [5.74, 6) is 0.703. The number of rotatable bonds is 6. The molecule has 1 aliphatic rings. The molecule has 3 rings (SSSR count). The maximum atomic E-state index is 14.1. The smallest absolute Gasteiger partial charge is 0.128 e. The van der Waals surface area contributed by atoms with Crippen LogP contribution in [0.15, 0.2) is 42.5 Å². The minimum Gasteiger partial charge on any atom is -0.490 e. The van der Waals surface area contributed by atoms with Crippen LogP contribution in [0.2, 0.25) is 0 Å². The number of nitrogens with one attached hydrogen (secondary N) is 1. The van der Waals surface area contributed by atoms with Crippen molar-refractivity contribution in [2.45, 2.75) is 32.4 Å². The van der Waals surface area contributed by atoms with E-state index in [1.54, 1.807) is 6.07 Å². The van der Waals surface area contributed by atoms with E-state index in [1.807, 2.05) is 43.3 Å². The van der Waals surface area contributed by atoms with Crippen molar-refractivity contribution in [2.75, 3.05) is 6.54 Å². The molecule has 0 aliphatic heterocycles. The van der Waals surface area contributed by atoms with Crippen LogP contribution in [0, 0.1) is 5.82 Å². The molecule has 1 saturated carbocycles. The van der Waals surface area contributed by atoms with Crippen LogP contribution in [0.3, 0.4) is 0 Å². The fourth-order valence-corrected chi connectivity index (χ4v) is 2.26. The van der Waals surface area contributed by atoms with Gasteiger partial charge in [-0.2, -0.15) is 0 Å². The zero-order chi connectivity index (χ0) is 14.7. The Bertz CT molecular complexity index is 622. The van der Waals surface area contributed by atoms with Crippen molar-refractivity contribution >= 4 is 0 Å². The number of hydrogen-bond acceptors (Lipinski definition) is 2. The second-order valence-electron chi connectivity index (χ2n) is 5.43. The van der Waals surface area contributed by atoms with Gasteiger partial charge in [-0.25, -0.2) is 4.39 Å². The maximum Gasteiger partial charge on any atom is 0.128 e. The van der Waals surface area contributed by atoms with E-state index < -0.39 is 0 Å². The molecule has 0 aromatic heterocycles. The zero-order valence-electron chi connectivity index (χ0n) is 12.2. The van der Waals surface area contributed by atoms with E-state index in [1.165, 1.54) is 0 Å². The predicted octanol–water partition coefficient (Wildman–Crippen LogP) is 4.14. The van der Waals surface area contributed by atoms with Gasteiger partial charge in [0.05, 0.1) is 6.10 Å². The summed E-state index contributed by atoms with van der Waals surface area (Å²) in [6.45, 7) is 3.41. The number of ether oxygens (including phenoxy) is 1. The minimum absolute atomic E-state index is 0.165. The first-order valence-corrected chi connectivity index (χ1v) is 7.52. The first kappa shape index (κ1) is 14.1. The molecule has 0 bridgehead atoms. The highest BCUT2D eigenvalue weighted by Gasteiger charge is 2.23. The standard InChI is InChI=1S/C18H20FNO/c1-2-20-12-15-7-6-14(11-18(15)19)13-4-3-5-17(10-13)21-16-8-9-16/h3-7,10-11,16,20H,2,8-9,12H2,1H3. The Labute approximate surface area is 125 Å². The predicted molar refractivity (Wildman–Crippen MR) is 82.9 cm³/mol. The largest absolute Gasteiger partial charge is 0.490 e. The SMILES string of the molecule is CCNCc1ccc(-c2cccc(OC3CC3)c2)cc1F. The number of halogens is 1. The van der Waals surface area contributed by atoms with Crippen LogP contribution < -0.4 is 10.1 Å². The van der Waals surface area contributed by atoms with Crippen molar-refractivity contribution in [1.82, 2.24) is 5.32 Å². The first-order chi connectivity index (χ1) is 10.3. The fourth-order valence-electron chi connectivity index (χ4n) is 2.26. The van der Waals surface area contributed by atoms with E-state index in [-0.39, 0.29) is 5.82 Å². The lowest BCUT2D eigenvalue weighted by Crippen LogP contribution is -2.12. The van der Waals surface area contributed by atoms with Gasteiger partial charge >= 0.3 is 0 Å². The molecule has 2 aromatic rings. The highest BCUT2D eigenvalue weighted by molar-refractivity contribution is 5.65. The Hall–Kier alpha value is -1.87. The highest BCUT2D eigenvalue weighted by atomic mass is 19.1. The van der Waals surface area contributed by atoms with Gasteiger partial charge in [-0.3, -0.25) is 0 Å². The summed E-state index contributed by atoms with van der Waals surface area (Å²) < 4.78 is 19.9. The average Bonchev–Trinajstić information content (AvgIpc) is 3.30. The van der Waals surface area contributed by atoms with Gasteiger partial charge in [-0.1, -0.05) is 31.2 Å². The van der Waals surface area contributed by atoms with Gasteiger partial charge in [0.1, 0.15) is 11.6 Å². The summed E-state index contributed by atoms with van der Waals surface area (Å²) >= 11 is 0. The molecule has 1 fully saturated rings. The quantitative estimate of drug-likeness (QED) is 0.861. The number of benzene rings is 2. The Balaban J connectivity index is 1.80. The maximum absolute atomic E-state index is 14.1. The molecular formula is C18H20FNO. The van der Waals surface area contributed by atoms with Crippen LogP contribution in [0.4, 0.5) is 4.39 Å². The molecule has 110 valence electrons. The molecule has 3 heteroatoms. The molecule has 21 heavy (non-hydrogen) atoms. The molecule has 0 heterocycles. The molecular weight excluding hydrogens is 265 g/mol. The van der Waals surface area contributed by atoms with E-state index in [0.29, 0.717) is 18.2 Å². The molecule has 0 atom stereocenters. The van der Waals surface area contributed by atoms with Crippen molar-refractivity contribution in [3.63, 3.8) is 0 Å². The van der Waals surface area contributed by atoms with Gasteiger partial charge < -0.3 is 10.1 Å². The van der Waals surface area contributed by atoms with Gasteiger partial charge in [0, 0.05) is 12.1 Å². The van der Waals surface area contributed by atoms with Crippen LogP contribution in [-0.2, 0) is 6.54 Å². The van der Waals surface area contributed by atoms with E-state index in [0.717, 1.165) is 36.3 Å². The first-order valence-electron chi connectivity index (χ1n) is 7.52. The monoisotopic (exact) mass is 285 g/mol. The van der Waals surface area contributed by atoms with Gasteiger partial charge in [-0.15, -0.1) is 0 Å². The average molecular weight is 285 g/mol. The molecule has 1 N–H and O–H groups in total. The summed E-state index contributed by atoms with van der Waals surface area (Å²) in [7, 11) is 0. The second-order valence-corrected chi connectivity index (χ2v) is 5.43. The Morgan fingerprint density at radius 2 is 1.95 bits per heavy atom. The molecule has 0 radical (unpaired) electrons. The molecule has 0 unspecified atom stereocenters. The number of hydrogen-bond donors (Lipinski definition) is 1. The van der Waals surface area contributed by atoms with Crippen LogP contribution in [0.1, 0.15) is 25.3 Å². The summed E-state index contributed by atoms with van der Waals surface area (Å²) in [6, 6.07) is 13.3. The molecule has 1 aliphatic carbocycles. The summed E-state index contributed by atoms with van der Waals surface area (Å²) in [4.78, 5) is 0. The topological polar surface area (TPSA) is 21.3 Å². The third-order valence-corrected chi connectivity index (χ3v) is 3.61. The van der Waals surface area contributed by atoms with Gasteiger partial charge in [-0.05, 0) is 48.7 Å². The van der Waals surface area contributed by atoms with E-state index in [4.69, 9.17) is 4.74 Å². The van der Waals surface area contributed by atoms with Crippen LogP contribution in [0.5, 0.6) is 5.75 Å². The Morgan fingerprint density at radius 1 is 1.14 bits per heavy atom. The second kappa shape index (κ2) is 6.27. The third-order valence-electron chi connectivity index (χ3n) is 3.61. The third kappa shape index (κ3) is 3.61. The van der Waals surface area contributed by atoms with Crippen molar-refractivity contribution in [3.8, 4) is 16.9 Å². The molecule has 2 nitrogen and oxygen atoms in total. The van der Waals surface area contributed by atoms with E-state index in [2.05, 4.69) is 5.32 Å². The van der Waals surface area contributed by atoms with Crippen molar-refractivity contribution < 1.29 is 9.13 Å². The van der Waals surface area contributed by atoms with Crippen LogP contribution >= 0.6 is 0 Å². The molecule has 0 spiro atoms. The van der Waals surface area contributed by atoms with Gasteiger partial charge in [0.15, 0.2) is 0 Å². The van der Waals surface area contributed by atoms with Gasteiger partial charge in [0.25, 0.3) is 0 Å².